The number of rotatable bonds is 5. The molecule has 1 saturated carbocycles. The zero-order chi connectivity index (χ0) is 12.1. The van der Waals surface area contributed by atoms with Gasteiger partial charge in [0.15, 0.2) is 0 Å². The minimum absolute atomic E-state index is 0.186. The molecular weight excluding hydrogens is 268 g/mol. The normalized spacial score (nSPS) is 24.4. The summed E-state index contributed by atoms with van der Waals surface area (Å²) >= 11 is 3.44. The van der Waals surface area contributed by atoms with Gasteiger partial charge in [-0.1, -0.05) is 61.9 Å². The Morgan fingerprint density at radius 1 is 1.12 bits per heavy atom. The van der Waals surface area contributed by atoms with Crippen molar-refractivity contribution in [1.29, 1.82) is 0 Å². The monoisotopic (exact) mass is 292 g/mol. The summed E-state index contributed by atoms with van der Waals surface area (Å²) in [6, 6.07) is 0. The molecule has 2 N–H and O–H groups in total. The van der Waals surface area contributed by atoms with Crippen LogP contribution in [0.1, 0.15) is 52.4 Å². The summed E-state index contributed by atoms with van der Waals surface area (Å²) < 4.78 is 0. The van der Waals surface area contributed by atoms with Crippen molar-refractivity contribution in [2.45, 2.75) is 69.4 Å². The van der Waals surface area contributed by atoms with Crippen molar-refractivity contribution in [3.63, 3.8) is 0 Å². The molecule has 1 fully saturated rings. The quantitative estimate of drug-likeness (QED) is 0.765. The molecule has 1 aliphatic carbocycles. The van der Waals surface area contributed by atoms with Crippen LogP contribution in [0.15, 0.2) is 0 Å². The fourth-order valence-electron chi connectivity index (χ4n) is 2.49. The molecule has 16 heavy (non-hydrogen) atoms. The lowest BCUT2D eigenvalue weighted by Gasteiger charge is -2.29. The molecule has 0 aromatic carbocycles. The van der Waals surface area contributed by atoms with Gasteiger partial charge in [0.2, 0.25) is 0 Å². The zero-order valence-electron chi connectivity index (χ0n) is 10.4. The first-order valence-electron chi connectivity index (χ1n) is 6.52. The average molecular weight is 293 g/mol. The summed E-state index contributed by atoms with van der Waals surface area (Å²) in [5.74, 6) is 0.841. The predicted molar refractivity (Wildman–Crippen MR) is 70.8 cm³/mol. The van der Waals surface area contributed by atoms with Crippen LogP contribution < -0.4 is 0 Å². The molecule has 0 bridgehead atoms. The van der Waals surface area contributed by atoms with Crippen LogP contribution in [0.5, 0.6) is 0 Å². The largest absolute Gasteiger partial charge is 0.392 e. The number of alkyl halides is 1. The van der Waals surface area contributed by atoms with Crippen molar-refractivity contribution in [3.8, 4) is 0 Å². The summed E-state index contributed by atoms with van der Waals surface area (Å²) in [6.07, 6.45) is 6.40. The maximum atomic E-state index is 10.1. The van der Waals surface area contributed by atoms with Crippen LogP contribution in [0.2, 0.25) is 0 Å². The minimum Gasteiger partial charge on any atom is -0.392 e. The van der Waals surface area contributed by atoms with Crippen LogP contribution in [0, 0.1) is 11.8 Å². The summed E-state index contributed by atoms with van der Waals surface area (Å²) in [5, 5.41) is 20.0. The Morgan fingerprint density at radius 2 is 1.69 bits per heavy atom. The molecule has 0 radical (unpaired) electrons. The van der Waals surface area contributed by atoms with Crippen LogP contribution in [-0.4, -0.2) is 27.2 Å². The van der Waals surface area contributed by atoms with Gasteiger partial charge in [-0.25, -0.2) is 0 Å². The number of hydrogen-bond acceptors (Lipinski definition) is 2. The van der Waals surface area contributed by atoms with Gasteiger partial charge in [-0.05, 0) is 18.3 Å². The van der Waals surface area contributed by atoms with Crippen molar-refractivity contribution in [2.24, 2.45) is 11.8 Å². The van der Waals surface area contributed by atoms with Gasteiger partial charge in [0.1, 0.15) is 0 Å². The van der Waals surface area contributed by atoms with Gasteiger partial charge in [-0.3, -0.25) is 0 Å². The smallest absolute Gasteiger partial charge is 0.0713 e. The van der Waals surface area contributed by atoms with E-state index >= 15 is 0 Å². The van der Waals surface area contributed by atoms with E-state index in [1.54, 1.807) is 0 Å². The highest BCUT2D eigenvalue weighted by atomic mass is 79.9. The molecule has 1 aliphatic rings. The van der Waals surface area contributed by atoms with Crippen molar-refractivity contribution >= 4 is 15.9 Å². The Kier molecular flexibility index (Phi) is 6.30. The second kappa shape index (κ2) is 6.97. The Labute approximate surface area is 108 Å². The fraction of sp³-hybridized carbons (Fsp3) is 1.00. The Morgan fingerprint density at radius 3 is 2.19 bits per heavy atom. The maximum absolute atomic E-state index is 10.1. The molecule has 0 amide bonds. The number of aliphatic hydroxyl groups excluding tert-OH is 2. The molecule has 0 unspecified atom stereocenters. The van der Waals surface area contributed by atoms with Crippen LogP contribution in [0.25, 0.3) is 0 Å². The highest BCUT2D eigenvalue weighted by Gasteiger charge is 2.28. The van der Waals surface area contributed by atoms with E-state index in [2.05, 4.69) is 15.9 Å². The van der Waals surface area contributed by atoms with E-state index in [0.29, 0.717) is 5.92 Å². The first-order valence-corrected chi connectivity index (χ1v) is 7.44. The van der Waals surface area contributed by atoms with Gasteiger partial charge in [-0.2, -0.15) is 0 Å². The number of aliphatic hydroxyl groups is 2. The molecule has 3 atom stereocenters. The third-order valence-corrected chi connectivity index (χ3v) is 4.83. The van der Waals surface area contributed by atoms with E-state index in [4.69, 9.17) is 0 Å². The molecule has 0 heterocycles. The predicted octanol–water partition coefficient (Wildman–Crippen LogP) is 3.10. The molecule has 0 spiro atoms. The van der Waals surface area contributed by atoms with Gasteiger partial charge in [-0.15, -0.1) is 0 Å². The molecule has 0 aromatic heterocycles. The molecule has 0 saturated heterocycles. The Balaban J connectivity index is 2.35. The topological polar surface area (TPSA) is 40.5 Å². The van der Waals surface area contributed by atoms with Crippen molar-refractivity contribution in [3.05, 3.63) is 0 Å². The third kappa shape index (κ3) is 4.34. The third-order valence-electron chi connectivity index (χ3n) is 3.68. The first kappa shape index (κ1) is 14.5. The van der Waals surface area contributed by atoms with Crippen LogP contribution in [0.4, 0.5) is 0 Å². The summed E-state index contributed by atoms with van der Waals surface area (Å²) in [4.78, 5) is -0.186. The molecular formula is C13H25BrO2. The second-order valence-electron chi connectivity index (χ2n) is 5.49. The highest BCUT2D eigenvalue weighted by Crippen LogP contribution is 2.30. The van der Waals surface area contributed by atoms with Crippen LogP contribution in [0.3, 0.4) is 0 Å². The van der Waals surface area contributed by atoms with Gasteiger partial charge < -0.3 is 10.2 Å². The molecule has 0 aliphatic heterocycles. The minimum atomic E-state index is -0.460. The van der Waals surface area contributed by atoms with E-state index < -0.39 is 12.2 Å². The lowest BCUT2D eigenvalue weighted by atomic mass is 9.84. The van der Waals surface area contributed by atoms with Gasteiger partial charge in [0, 0.05) is 0 Å². The standard InChI is InChI=1S/C13H25BrO2/c1-9(2)13(16)12(14)11(15)8-10-6-4-3-5-7-10/h9-13,15-16H,3-8H2,1-2H3/t11-,12-,13-/m0/s1. The molecule has 2 nitrogen and oxygen atoms in total. The van der Waals surface area contributed by atoms with Gasteiger partial charge >= 0.3 is 0 Å². The summed E-state index contributed by atoms with van der Waals surface area (Å²) in [6.45, 7) is 3.96. The first-order chi connectivity index (χ1) is 7.52. The molecule has 96 valence electrons. The van der Waals surface area contributed by atoms with Crippen molar-refractivity contribution in [2.75, 3.05) is 0 Å². The molecule has 0 aromatic rings. The zero-order valence-corrected chi connectivity index (χ0v) is 12.0. The van der Waals surface area contributed by atoms with Crippen LogP contribution in [-0.2, 0) is 0 Å². The fourth-order valence-corrected chi connectivity index (χ4v) is 3.32. The number of hydrogen-bond donors (Lipinski definition) is 2. The second-order valence-corrected chi connectivity index (χ2v) is 6.54. The van der Waals surface area contributed by atoms with Gasteiger partial charge in [0.05, 0.1) is 17.0 Å². The van der Waals surface area contributed by atoms with Crippen molar-refractivity contribution in [1.82, 2.24) is 0 Å². The Bertz CT molecular complexity index is 190. The summed E-state index contributed by atoms with van der Waals surface area (Å²) in [7, 11) is 0. The highest BCUT2D eigenvalue weighted by molar-refractivity contribution is 9.09. The van der Waals surface area contributed by atoms with Crippen LogP contribution >= 0.6 is 15.9 Å². The Hall–Kier alpha value is 0.400. The molecule has 1 rings (SSSR count). The number of halogens is 1. The van der Waals surface area contributed by atoms with Gasteiger partial charge in [0.25, 0.3) is 0 Å². The van der Waals surface area contributed by atoms with E-state index in [0.717, 1.165) is 6.42 Å². The van der Waals surface area contributed by atoms with E-state index in [9.17, 15) is 10.2 Å². The molecule has 3 heteroatoms. The lowest BCUT2D eigenvalue weighted by molar-refractivity contribution is 0.0493. The van der Waals surface area contributed by atoms with Crippen molar-refractivity contribution < 1.29 is 10.2 Å². The van der Waals surface area contributed by atoms with E-state index in [1.165, 1.54) is 32.1 Å². The lowest BCUT2D eigenvalue weighted by Crippen LogP contribution is -2.37. The average Bonchev–Trinajstić information content (AvgIpc) is 2.28. The SMILES string of the molecule is CC(C)[C@H](O)[C@@H](Br)[C@@H](O)CC1CCCCC1. The summed E-state index contributed by atoms with van der Waals surface area (Å²) in [5.41, 5.74) is 0. The van der Waals surface area contributed by atoms with E-state index in [1.807, 2.05) is 13.8 Å². The maximum Gasteiger partial charge on any atom is 0.0713 e. The van der Waals surface area contributed by atoms with E-state index in [-0.39, 0.29) is 10.7 Å².